The van der Waals surface area contributed by atoms with E-state index in [0.717, 1.165) is 17.0 Å². The van der Waals surface area contributed by atoms with Gasteiger partial charge in [0.2, 0.25) is 5.91 Å². The molecule has 1 aromatic carbocycles. The van der Waals surface area contributed by atoms with E-state index in [1.54, 1.807) is 35.9 Å². The number of hydrogen-bond donors (Lipinski definition) is 2. The Hall–Kier alpha value is -2.34. The molecule has 2 atom stereocenters. The average molecular weight is 364 g/mol. The van der Waals surface area contributed by atoms with Crippen LogP contribution in [0.25, 0.3) is 0 Å². The summed E-state index contributed by atoms with van der Waals surface area (Å²) < 4.78 is 1.74. The van der Waals surface area contributed by atoms with Crippen molar-refractivity contribution in [2.24, 2.45) is 7.05 Å². The summed E-state index contributed by atoms with van der Waals surface area (Å²) in [7, 11) is 1.83. The number of aryl methyl sites for hydroxylation is 2. The van der Waals surface area contributed by atoms with Gasteiger partial charge < -0.3 is 10.4 Å². The molecule has 2 N–H and O–H groups in total. The molecule has 2 aromatic rings. The van der Waals surface area contributed by atoms with E-state index in [1.807, 2.05) is 20.9 Å². The molecule has 134 valence electrons. The maximum Gasteiger partial charge on any atom is 0.305 e. The van der Waals surface area contributed by atoms with Crippen molar-refractivity contribution in [3.05, 3.63) is 51.8 Å². The summed E-state index contributed by atoms with van der Waals surface area (Å²) in [4.78, 5) is 23.9. The highest BCUT2D eigenvalue weighted by atomic mass is 35.5. The molecule has 0 aliphatic rings. The van der Waals surface area contributed by atoms with Crippen LogP contribution in [-0.4, -0.2) is 26.8 Å². The number of nitrogens with zero attached hydrogens (tertiary/aromatic N) is 2. The lowest BCUT2D eigenvalue weighted by molar-refractivity contribution is -0.137. The van der Waals surface area contributed by atoms with Crippen LogP contribution < -0.4 is 5.32 Å². The van der Waals surface area contributed by atoms with Crippen LogP contribution in [-0.2, 0) is 16.6 Å². The fourth-order valence-electron chi connectivity index (χ4n) is 2.97. The van der Waals surface area contributed by atoms with Gasteiger partial charge in [0.15, 0.2) is 0 Å². The third-order valence-corrected chi connectivity index (χ3v) is 4.61. The number of aliphatic carboxylic acids is 1. The number of carboxylic acids is 1. The van der Waals surface area contributed by atoms with Gasteiger partial charge in [0.25, 0.3) is 0 Å². The van der Waals surface area contributed by atoms with Crippen LogP contribution in [0.5, 0.6) is 0 Å². The summed E-state index contributed by atoms with van der Waals surface area (Å²) >= 11 is 5.88. The number of halogens is 1. The Bertz CT molecular complexity index is 784. The van der Waals surface area contributed by atoms with Crippen LogP contribution in [0.2, 0.25) is 5.02 Å². The van der Waals surface area contributed by atoms with Crippen molar-refractivity contribution >= 4 is 23.5 Å². The van der Waals surface area contributed by atoms with Gasteiger partial charge in [-0.25, -0.2) is 0 Å². The van der Waals surface area contributed by atoms with Crippen molar-refractivity contribution < 1.29 is 14.7 Å². The Morgan fingerprint density at radius 2 is 1.88 bits per heavy atom. The molecule has 0 spiro atoms. The van der Waals surface area contributed by atoms with E-state index in [0.29, 0.717) is 10.6 Å². The van der Waals surface area contributed by atoms with E-state index < -0.39 is 17.9 Å². The SMILES string of the molecule is Cc1nn(C)c(C)c1C(C)C(=O)N[C@@H](CC(=O)O)c1ccc(Cl)cc1. The molecule has 0 saturated carbocycles. The third-order valence-electron chi connectivity index (χ3n) is 4.36. The molecule has 0 bridgehead atoms. The molecule has 0 aliphatic carbocycles. The smallest absolute Gasteiger partial charge is 0.305 e. The average Bonchev–Trinajstić information content (AvgIpc) is 2.79. The second kappa shape index (κ2) is 7.70. The first-order chi connectivity index (χ1) is 11.7. The number of benzene rings is 1. The van der Waals surface area contributed by atoms with E-state index in [4.69, 9.17) is 16.7 Å². The number of nitrogens with one attached hydrogen (secondary N) is 1. The molecule has 0 fully saturated rings. The first-order valence-corrected chi connectivity index (χ1v) is 8.36. The first kappa shape index (κ1) is 19.0. The van der Waals surface area contributed by atoms with E-state index in [-0.39, 0.29) is 12.3 Å². The van der Waals surface area contributed by atoms with Gasteiger partial charge in [-0.2, -0.15) is 5.10 Å². The lowest BCUT2D eigenvalue weighted by atomic mass is 9.96. The van der Waals surface area contributed by atoms with Gasteiger partial charge in [0.1, 0.15) is 0 Å². The Morgan fingerprint density at radius 1 is 1.28 bits per heavy atom. The maximum absolute atomic E-state index is 12.7. The molecule has 1 heterocycles. The number of amides is 1. The van der Waals surface area contributed by atoms with Gasteiger partial charge in [-0.15, -0.1) is 0 Å². The Labute approximate surface area is 151 Å². The van der Waals surface area contributed by atoms with Crippen LogP contribution in [0.15, 0.2) is 24.3 Å². The standard InChI is InChI=1S/C18H22ClN3O3/c1-10(17-11(2)21-22(4)12(17)3)18(25)20-15(9-16(23)24)13-5-7-14(19)8-6-13/h5-8,10,15H,9H2,1-4H3,(H,20,25)(H,23,24)/t10?,15-/m0/s1. The lowest BCUT2D eigenvalue weighted by Crippen LogP contribution is -2.33. The van der Waals surface area contributed by atoms with Gasteiger partial charge in [0.05, 0.1) is 24.1 Å². The molecule has 2 rings (SSSR count). The maximum atomic E-state index is 12.7. The van der Waals surface area contributed by atoms with Gasteiger partial charge in [-0.3, -0.25) is 14.3 Å². The number of hydrogen-bond acceptors (Lipinski definition) is 3. The van der Waals surface area contributed by atoms with Gasteiger partial charge in [-0.1, -0.05) is 23.7 Å². The highest BCUT2D eigenvalue weighted by Gasteiger charge is 2.26. The summed E-state index contributed by atoms with van der Waals surface area (Å²) in [5, 5.41) is 16.9. The van der Waals surface area contributed by atoms with Crippen LogP contribution in [0.1, 0.15) is 47.8 Å². The molecule has 25 heavy (non-hydrogen) atoms. The van der Waals surface area contributed by atoms with Crippen LogP contribution in [0.4, 0.5) is 0 Å². The number of aromatic nitrogens is 2. The fourth-order valence-corrected chi connectivity index (χ4v) is 3.09. The quantitative estimate of drug-likeness (QED) is 0.825. The Morgan fingerprint density at radius 3 is 2.36 bits per heavy atom. The molecule has 0 radical (unpaired) electrons. The van der Waals surface area contributed by atoms with Crippen molar-refractivity contribution in [2.45, 2.75) is 39.2 Å². The van der Waals surface area contributed by atoms with Crippen LogP contribution >= 0.6 is 11.6 Å². The van der Waals surface area contributed by atoms with Crippen LogP contribution in [0.3, 0.4) is 0 Å². The number of carboxylic acid groups (broad SMARTS) is 1. The number of carbonyl (C=O) groups is 2. The molecular weight excluding hydrogens is 342 g/mol. The minimum Gasteiger partial charge on any atom is -0.481 e. The predicted octanol–water partition coefficient (Wildman–Crippen LogP) is 3.13. The second-order valence-electron chi connectivity index (χ2n) is 6.14. The second-order valence-corrected chi connectivity index (χ2v) is 6.58. The summed E-state index contributed by atoms with van der Waals surface area (Å²) in [5.41, 5.74) is 3.28. The summed E-state index contributed by atoms with van der Waals surface area (Å²) in [6, 6.07) is 6.18. The summed E-state index contributed by atoms with van der Waals surface area (Å²) in [5.74, 6) is -1.65. The van der Waals surface area contributed by atoms with E-state index in [1.165, 1.54) is 0 Å². The van der Waals surface area contributed by atoms with E-state index in [2.05, 4.69) is 10.4 Å². The predicted molar refractivity (Wildman–Crippen MR) is 95.7 cm³/mol. The van der Waals surface area contributed by atoms with Crippen LogP contribution in [0, 0.1) is 13.8 Å². The molecule has 0 saturated heterocycles. The van der Waals surface area contributed by atoms with Crippen molar-refractivity contribution in [1.82, 2.24) is 15.1 Å². The molecule has 1 unspecified atom stereocenters. The molecule has 1 aromatic heterocycles. The fraction of sp³-hybridized carbons (Fsp3) is 0.389. The molecular formula is C18H22ClN3O3. The van der Waals surface area contributed by atoms with Gasteiger partial charge in [-0.05, 0) is 38.5 Å². The highest BCUT2D eigenvalue weighted by molar-refractivity contribution is 6.30. The zero-order valence-electron chi connectivity index (χ0n) is 14.7. The molecule has 7 heteroatoms. The normalized spacial score (nSPS) is 13.3. The monoisotopic (exact) mass is 363 g/mol. The van der Waals surface area contributed by atoms with Crippen molar-refractivity contribution in [3.63, 3.8) is 0 Å². The summed E-state index contributed by atoms with van der Waals surface area (Å²) in [6.07, 6.45) is -0.203. The topological polar surface area (TPSA) is 84.2 Å². The number of rotatable bonds is 6. The molecule has 0 aliphatic heterocycles. The van der Waals surface area contributed by atoms with Crippen molar-refractivity contribution in [1.29, 1.82) is 0 Å². The van der Waals surface area contributed by atoms with E-state index in [9.17, 15) is 9.59 Å². The first-order valence-electron chi connectivity index (χ1n) is 7.98. The minimum atomic E-state index is -0.985. The summed E-state index contributed by atoms with van der Waals surface area (Å²) in [6.45, 7) is 5.57. The molecule has 1 amide bonds. The van der Waals surface area contributed by atoms with Gasteiger partial charge in [0, 0.05) is 23.3 Å². The number of carbonyl (C=O) groups excluding carboxylic acids is 1. The Kier molecular flexibility index (Phi) is 5.85. The van der Waals surface area contributed by atoms with Crippen molar-refractivity contribution in [3.8, 4) is 0 Å². The largest absolute Gasteiger partial charge is 0.481 e. The third kappa shape index (κ3) is 4.39. The lowest BCUT2D eigenvalue weighted by Gasteiger charge is -2.21. The van der Waals surface area contributed by atoms with E-state index >= 15 is 0 Å². The zero-order valence-corrected chi connectivity index (χ0v) is 15.5. The van der Waals surface area contributed by atoms with Crippen molar-refractivity contribution in [2.75, 3.05) is 0 Å². The zero-order chi connectivity index (χ0) is 18.7. The Balaban J connectivity index is 2.24. The highest BCUT2D eigenvalue weighted by Crippen LogP contribution is 2.25. The molecule has 6 nitrogen and oxygen atoms in total. The minimum absolute atomic E-state index is 0.203. The van der Waals surface area contributed by atoms with Gasteiger partial charge >= 0.3 is 5.97 Å².